The Morgan fingerprint density at radius 1 is 1.10 bits per heavy atom. The number of nitrogens with zero attached hydrogens (tertiary/aromatic N) is 4. The van der Waals surface area contributed by atoms with Gasteiger partial charge >= 0.3 is 0 Å². The van der Waals surface area contributed by atoms with Crippen LogP contribution in [0.4, 0.5) is 5.82 Å². The van der Waals surface area contributed by atoms with Crippen LogP contribution in [0.15, 0.2) is 73.2 Å². The largest absolute Gasteiger partial charge is 0.507 e. The lowest BCUT2D eigenvalue weighted by Gasteiger charge is -2.12. The van der Waals surface area contributed by atoms with Crippen LogP contribution in [0.25, 0.3) is 22.5 Å². The van der Waals surface area contributed by atoms with Crippen LogP contribution < -0.4 is 11.1 Å². The highest BCUT2D eigenvalue weighted by Crippen LogP contribution is 2.32. The third kappa shape index (κ3) is 5.07. The Hall–Kier alpha value is -3.71. The maximum atomic E-state index is 10.4. The number of phenolic OH excluding ortho intramolecular Hbond substituents is 1. The second-order valence-corrected chi connectivity index (χ2v) is 7.46. The summed E-state index contributed by atoms with van der Waals surface area (Å²) in [6.07, 6.45) is 6.37. The van der Waals surface area contributed by atoms with Crippen LogP contribution in [0.2, 0.25) is 0 Å². The van der Waals surface area contributed by atoms with E-state index in [0.29, 0.717) is 30.3 Å². The first kappa shape index (κ1) is 20.6. The number of hydrogen-bond acceptors (Lipinski definition) is 6. The average Bonchev–Trinajstić information content (AvgIpc) is 3.27. The van der Waals surface area contributed by atoms with E-state index in [1.165, 1.54) is 5.56 Å². The van der Waals surface area contributed by atoms with Crippen molar-refractivity contribution in [3.8, 4) is 28.3 Å². The normalized spacial score (nSPS) is 11.9. The van der Waals surface area contributed by atoms with Crippen molar-refractivity contribution in [1.82, 2.24) is 19.7 Å². The van der Waals surface area contributed by atoms with Crippen molar-refractivity contribution in [1.29, 1.82) is 0 Å². The molecule has 0 aliphatic rings. The van der Waals surface area contributed by atoms with Gasteiger partial charge in [-0.3, -0.25) is 4.68 Å². The van der Waals surface area contributed by atoms with Crippen molar-refractivity contribution in [3.05, 3.63) is 78.8 Å². The Bertz CT molecular complexity index is 1140. The molecule has 7 heteroatoms. The topological polar surface area (TPSA) is 102 Å². The molecule has 4 aromatic rings. The van der Waals surface area contributed by atoms with E-state index in [9.17, 15) is 5.11 Å². The van der Waals surface area contributed by atoms with E-state index in [-0.39, 0.29) is 11.8 Å². The second-order valence-electron chi connectivity index (χ2n) is 7.46. The van der Waals surface area contributed by atoms with Gasteiger partial charge in [0.05, 0.1) is 18.3 Å². The maximum Gasteiger partial charge on any atom is 0.165 e. The van der Waals surface area contributed by atoms with Crippen molar-refractivity contribution in [3.63, 3.8) is 0 Å². The molecule has 0 amide bonds. The van der Waals surface area contributed by atoms with E-state index in [1.54, 1.807) is 18.3 Å². The molecule has 2 aromatic heterocycles. The first-order chi connectivity index (χ1) is 15.1. The summed E-state index contributed by atoms with van der Waals surface area (Å²) in [5.74, 6) is 1.25. The fourth-order valence-corrected chi connectivity index (χ4v) is 3.23. The quantitative estimate of drug-likeness (QED) is 0.404. The summed E-state index contributed by atoms with van der Waals surface area (Å²) in [7, 11) is 0. The molecule has 1 unspecified atom stereocenters. The SMILES string of the molecule is CCC(N)CNc1ccnc(-c2cc(-c3cnn(Cc4ccccc4)c3)ccc2O)n1. The molecule has 1 atom stereocenters. The minimum Gasteiger partial charge on any atom is -0.507 e. The van der Waals surface area contributed by atoms with Crippen molar-refractivity contribution in [2.24, 2.45) is 5.73 Å². The zero-order valence-corrected chi connectivity index (χ0v) is 17.4. The van der Waals surface area contributed by atoms with Crippen molar-refractivity contribution in [2.75, 3.05) is 11.9 Å². The van der Waals surface area contributed by atoms with Crippen LogP contribution in [-0.2, 0) is 6.54 Å². The Morgan fingerprint density at radius 2 is 1.94 bits per heavy atom. The molecule has 0 fully saturated rings. The van der Waals surface area contributed by atoms with Crippen LogP contribution in [0.3, 0.4) is 0 Å². The number of aromatic nitrogens is 4. The molecular formula is C24H26N6O. The molecule has 0 saturated heterocycles. The summed E-state index contributed by atoms with van der Waals surface area (Å²) in [4.78, 5) is 8.90. The van der Waals surface area contributed by atoms with Gasteiger partial charge in [0.15, 0.2) is 5.82 Å². The fourth-order valence-electron chi connectivity index (χ4n) is 3.23. The number of anilines is 1. The molecule has 31 heavy (non-hydrogen) atoms. The van der Waals surface area contributed by atoms with Crippen molar-refractivity contribution >= 4 is 5.82 Å². The second kappa shape index (κ2) is 9.40. The lowest BCUT2D eigenvalue weighted by molar-refractivity contribution is 0.477. The predicted octanol–water partition coefficient (Wildman–Crippen LogP) is 3.91. The minimum absolute atomic E-state index is 0.0579. The van der Waals surface area contributed by atoms with Gasteiger partial charge in [-0.25, -0.2) is 9.97 Å². The highest BCUT2D eigenvalue weighted by Gasteiger charge is 2.12. The van der Waals surface area contributed by atoms with Gasteiger partial charge in [0.25, 0.3) is 0 Å². The average molecular weight is 415 g/mol. The van der Waals surface area contributed by atoms with E-state index < -0.39 is 0 Å². The van der Waals surface area contributed by atoms with Gasteiger partial charge < -0.3 is 16.2 Å². The van der Waals surface area contributed by atoms with Crippen LogP contribution in [0, 0.1) is 0 Å². The maximum absolute atomic E-state index is 10.4. The highest BCUT2D eigenvalue weighted by atomic mass is 16.3. The van der Waals surface area contributed by atoms with E-state index >= 15 is 0 Å². The van der Waals surface area contributed by atoms with Gasteiger partial charge in [-0.1, -0.05) is 43.3 Å². The molecule has 0 radical (unpaired) electrons. The lowest BCUT2D eigenvalue weighted by Crippen LogP contribution is -2.28. The Kier molecular flexibility index (Phi) is 6.24. The zero-order valence-electron chi connectivity index (χ0n) is 17.4. The third-order valence-corrected chi connectivity index (χ3v) is 5.12. The predicted molar refractivity (Wildman–Crippen MR) is 123 cm³/mol. The number of rotatable bonds is 8. The monoisotopic (exact) mass is 414 g/mol. The summed E-state index contributed by atoms with van der Waals surface area (Å²) in [6, 6.07) is 17.5. The van der Waals surface area contributed by atoms with E-state index in [1.807, 2.05) is 54.3 Å². The number of hydrogen-bond donors (Lipinski definition) is 3. The van der Waals surface area contributed by atoms with E-state index in [4.69, 9.17) is 5.73 Å². The van der Waals surface area contributed by atoms with Gasteiger partial charge in [0.2, 0.25) is 0 Å². The van der Waals surface area contributed by atoms with Crippen LogP contribution in [-0.4, -0.2) is 37.4 Å². The molecule has 0 aliphatic carbocycles. The van der Waals surface area contributed by atoms with Gasteiger partial charge in [0, 0.05) is 30.5 Å². The molecule has 4 rings (SSSR count). The minimum atomic E-state index is 0.0579. The Balaban J connectivity index is 1.57. The van der Waals surface area contributed by atoms with Gasteiger partial charge in [0.1, 0.15) is 11.6 Å². The number of nitrogens with one attached hydrogen (secondary N) is 1. The molecule has 2 aromatic carbocycles. The smallest absolute Gasteiger partial charge is 0.165 e. The highest BCUT2D eigenvalue weighted by molar-refractivity contribution is 5.74. The summed E-state index contributed by atoms with van der Waals surface area (Å²) in [5, 5.41) is 18.1. The molecule has 4 N–H and O–H groups in total. The number of aromatic hydroxyl groups is 1. The summed E-state index contributed by atoms with van der Waals surface area (Å²) in [5.41, 5.74) is 9.62. The molecular weight excluding hydrogens is 388 g/mol. The lowest BCUT2D eigenvalue weighted by atomic mass is 10.0. The first-order valence-electron chi connectivity index (χ1n) is 10.3. The molecule has 0 spiro atoms. The Morgan fingerprint density at radius 3 is 2.74 bits per heavy atom. The van der Waals surface area contributed by atoms with Gasteiger partial charge in [-0.05, 0) is 35.7 Å². The molecule has 158 valence electrons. The molecule has 0 saturated carbocycles. The van der Waals surface area contributed by atoms with E-state index in [0.717, 1.165) is 17.5 Å². The van der Waals surface area contributed by atoms with Crippen LogP contribution in [0.1, 0.15) is 18.9 Å². The third-order valence-electron chi connectivity index (χ3n) is 5.12. The van der Waals surface area contributed by atoms with Gasteiger partial charge in [-0.15, -0.1) is 0 Å². The molecule has 2 heterocycles. The zero-order chi connectivity index (χ0) is 21.6. The molecule has 0 bridgehead atoms. The van der Waals surface area contributed by atoms with Crippen LogP contribution >= 0.6 is 0 Å². The standard InChI is InChI=1S/C24H26N6O/c1-2-20(25)14-27-23-10-11-26-24(29-23)21-12-18(8-9-22(21)31)19-13-28-30(16-19)15-17-6-4-3-5-7-17/h3-13,16,20,31H,2,14-15,25H2,1H3,(H,26,27,29). The first-order valence-corrected chi connectivity index (χ1v) is 10.3. The Labute approximate surface area is 181 Å². The van der Waals surface area contributed by atoms with Crippen molar-refractivity contribution in [2.45, 2.75) is 25.9 Å². The number of nitrogens with two attached hydrogens (primary N) is 1. The summed E-state index contributed by atoms with van der Waals surface area (Å²) in [6.45, 7) is 3.37. The summed E-state index contributed by atoms with van der Waals surface area (Å²) < 4.78 is 1.90. The summed E-state index contributed by atoms with van der Waals surface area (Å²) >= 11 is 0. The molecule has 7 nitrogen and oxygen atoms in total. The van der Waals surface area contributed by atoms with Crippen molar-refractivity contribution < 1.29 is 5.11 Å². The fraction of sp³-hybridized carbons (Fsp3) is 0.208. The molecule has 0 aliphatic heterocycles. The van der Waals surface area contributed by atoms with E-state index in [2.05, 4.69) is 32.5 Å². The number of benzene rings is 2. The number of phenols is 1. The van der Waals surface area contributed by atoms with Gasteiger partial charge in [-0.2, -0.15) is 5.10 Å². The van der Waals surface area contributed by atoms with Crippen LogP contribution in [0.5, 0.6) is 5.75 Å².